The summed E-state index contributed by atoms with van der Waals surface area (Å²) in [6, 6.07) is -0.0471. The number of likely N-dealkylation sites (tertiary alicyclic amines) is 2. The first kappa shape index (κ1) is 13.1. The van der Waals surface area contributed by atoms with E-state index in [1.54, 1.807) is 4.90 Å². The fraction of sp³-hybridized carbons (Fsp3) is 0.833. The van der Waals surface area contributed by atoms with Gasteiger partial charge in [0.1, 0.15) is 6.04 Å². The second-order valence-corrected chi connectivity index (χ2v) is 4.92. The molecule has 2 saturated heterocycles. The predicted octanol–water partition coefficient (Wildman–Crippen LogP) is 0.766. The summed E-state index contributed by atoms with van der Waals surface area (Å²) >= 11 is 0. The summed E-state index contributed by atoms with van der Waals surface area (Å²) in [5, 5.41) is 9.17. The molecule has 18 heavy (non-hydrogen) atoms. The van der Waals surface area contributed by atoms with Crippen LogP contribution < -0.4 is 0 Å². The van der Waals surface area contributed by atoms with Gasteiger partial charge in [-0.3, -0.25) is 9.69 Å². The Bertz CT molecular complexity index is 326. The Morgan fingerprint density at radius 3 is 2.39 bits per heavy atom. The summed E-state index contributed by atoms with van der Waals surface area (Å²) in [7, 11) is 1.38. The Labute approximate surface area is 106 Å². The standard InChI is InChI=1S/C12H20N2O4/c1-18-12(17)13-7-4-9(5-8-13)14-6-2-3-10(14)11(15)16/h9-10H,2-8H2,1H3,(H,15,16). The Morgan fingerprint density at radius 2 is 1.83 bits per heavy atom. The van der Waals surface area contributed by atoms with E-state index in [0.717, 1.165) is 32.2 Å². The monoisotopic (exact) mass is 256 g/mol. The van der Waals surface area contributed by atoms with Crippen molar-refractivity contribution in [3.05, 3.63) is 0 Å². The van der Waals surface area contributed by atoms with Crippen LogP contribution in [0.5, 0.6) is 0 Å². The maximum absolute atomic E-state index is 11.4. The molecule has 1 atom stereocenters. The minimum atomic E-state index is -0.720. The molecule has 102 valence electrons. The third-order valence-corrected chi connectivity index (χ3v) is 3.95. The second-order valence-electron chi connectivity index (χ2n) is 4.92. The highest BCUT2D eigenvalue weighted by Crippen LogP contribution is 2.26. The molecule has 2 heterocycles. The molecule has 2 aliphatic heterocycles. The lowest BCUT2D eigenvalue weighted by Crippen LogP contribution is -2.49. The van der Waals surface area contributed by atoms with Crippen molar-refractivity contribution in [2.24, 2.45) is 0 Å². The number of nitrogens with zero attached hydrogens (tertiary/aromatic N) is 2. The molecule has 2 aliphatic rings. The van der Waals surface area contributed by atoms with Gasteiger partial charge < -0.3 is 14.7 Å². The summed E-state index contributed by atoms with van der Waals surface area (Å²) in [5.74, 6) is -0.720. The first-order valence-corrected chi connectivity index (χ1v) is 6.45. The number of carboxylic acids is 1. The zero-order valence-electron chi connectivity index (χ0n) is 10.7. The van der Waals surface area contributed by atoms with E-state index in [1.165, 1.54) is 7.11 Å². The van der Waals surface area contributed by atoms with Crippen LogP contribution in [0.15, 0.2) is 0 Å². The van der Waals surface area contributed by atoms with Gasteiger partial charge in [-0.15, -0.1) is 0 Å². The average molecular weight is 256 g/mol. The molecule has 0 spiro atoms. The van der Waals surface area contributed by atoms with Crippen LogP contribution in [0.4, 0.5) is 4.79 Å². The van der Waals surface area contributed by atoms with Crippen molar-refractivity contribution >= 4 is 12.1 Å². The molecule has 1 unspecified atom stereocenters. The van der Waals surface area contributed by atoms with Crippen molar-refractivity contribution in [3.63, 3.8) is 0 Å². The fourth-order valence-electron chi connectivity index (χ4n) is 3.00. The maximum atomic E-state index is 11.4. The molecule has 0 radical (unpaired) electrons. The summed E-state index contributed by atoms with van der Waals surface area (Å²) in [6.07, 6.45) is 3.07. The molecule has 6 heteroatoms. The van der Waals surface area contributed by atoms with E-state index in [4.69, 9.17) is 5.11 Å². The third-order valence-electron chi connectivity index (χ3n) is 3.95. The van der Waals surface area contributed by atoms with Crippen LogP contribution in [0.2, 0.25) is 0 Å². The molecule has 1 N–H and O–H groups in total. The van der Waals surface area contributed by atoms with Gasteiger partial charge in [-0.25, -0.2) is 4.79 Å². The van der Waals surface area contributed by atoms with E-state index in [9.17, 15) is 9.59 Å². The number of methoxy groups -OCH3 is 1. The molecule has 0 aromatic heterocycles. The van der Waals surface area contributed by atoms with Gasteiger partial charge in [0.05, 0.1) is 7.11 Å². The molecule has 2 fully saturated rings. The number of carbonyl (C=O) groups is 2. The molecule has 6 nitrogen and oxygen atoms in total. The van der Waals surface area contributed by atoms with E-state index >= 15 is 0 Å². The molecule has 1 amide bonds. The zero-order valence-corrected chi connectivity index (χ0v) is 10.7. The Morgan fingerprint density at radius 1 is 1.17 bits per heavy atom. The van der Waals surface area contributed by atoms with Crippen LogP contribution in [-0.4, -0.2) is 65.8 Å². The highest BCUT2D eigenvalue weighted by molar-refractivity contribution is 5.73. The third kappa shape index (κ3) is 2.58. The smallest absolute Gasteiger partial charge is 0.409 e. The van der Waals surface area contributed by atoms with E-state index in [1.807, 2.05) is 0 Å². The van der Waals surface area contributed by atoms with Gasteiger partial charge >= 0.3 is 12.1 Å². The minimum absolute atomic E-state index is 0.287. The summed E-state index contributed by atoms with van der Waals surface area (Å²) < 4.78 is 4.69. The minimum Gasteiger partial charge on any atom is -0.480 e. The molecule has 0 saturated carbocycles. The van der Waals surface area contributed by atoms with Crippen molar-refractivity contribution in [2.75, 3.05) is 26.7 Å². The zero-order chi connectivity index (χ0) is 13.1. The normalized spacial score (nSPS) is 26.3. The number of ether oxygens (including phenoxy) is 1. The lowest BCUT2D eigenvalue weighted by Gasteiger charge is -2.37. The Kier molecular flexibility index (Phi) is 4.06. The predicted molar refractivity (Wildman–Crippen MR) is 64.4 cm³/mol. The van der Waals surface area contributed by atoms with E-state index in [2.05, 4.69) is 9.64 Å². The number of hydrogen-bond acceptors (Lipinski definition) is 4. The molecule has 0 aromatic rings. The van der Waals surface area contributed by atoms with Crippen LogP contribution in [0.3, 0.4) is 0 Å². The average Bonchev–Trinajstić information content (AvgIpc) is 2.87. The highest BCUT2D eigenvalue weighted by Gasteiger charge is 2.37. The van der Waals surface area contributed by atoms with Crippen LogP contribution in [0, 0.1) is 0 Å². The van der Waals surface area contributed by atoms with Gasteiger partial charge in [-0.1, -0.05) is 0 Å². The first-order valence-electron chi connectivity index (χ1n) is 6.45. The first-order chi connectivity index (χ1) is 8.63. The number of carboxylic acid groups (broad SMARTS) is 1. The second kappa shape index (κ2) is 5.56. The number of amides is 1. The van der Waals surface area contributed by atoms with Crippen LogP contribution in [0.1, 0.15) is 25.7 Å². The van der Waals surface area contributed by atoms with E-state index in [-0.39, 0.29) is 18.2 Å². The van der Waals surface area contributed by atoms with E-state index in [0.29, 0.717) is 13.1 Å². The number of aliphatic carboxylic acids is 1. The van der Waals surface area contributed by atoms with Crippen molar-refractivity contribution < 1.29 is 19.4 Å². The number of carbonyl (C=O) groups excluding carboxylic acids is 1. The maximum Gasteiger partial charge on any atom is 0.409 e. The summed E-state index contributed by atoms with van der Waals surface area (Å²) in [5.41, 5.74) is 0. The van der Waals surface area contributed by atoms with Crippen molar-refractivity contribution in [1.82, 2.24) is 9.80 Å². The van der Waals surface area contributed by atoms with Gasteiger partial charge in [0, 0.05) is 19.1 Å². The topological polar surface area (TPSA) is 70.1 Å². The lowest BCUT2D eigenvalue weighted by atomic mass is 10.0. The number of rotatable bonds is 2. The van der Waals surface area contributed by atoms with Crippen LogP contribution in [0.25, 0.3) is 0 Å². The van der Waals surface area contributed by atoms with Crippen molar-refractivity contribution in [2.45, 2.75) is 37.8 Å². The largest absolute Gasteiger partial charge is 0.480 e. The molecule has 2 rings (SSSR count). The van der Waals surface area contributed by atoms with Gasteiger partial charge in [0.25, 0.3) is 0 Å². The summed E-state index contributed by atoms with van der Waals surface area (Å²) in [6.45, 7) is 2.17. The molecule has 0 aliphatic carbocycles. The van der Waals surface area contributed by atoms with Crippen LogP contribution >= 0.6 is 0 Å². The lowest BCUT2D eigenvalue weighted by molar-refractivity contribution is -0.143. The molecular weight excluding hydrogens is 236 g/mol. The number of piperidine rings is 1. The molecular formula is C12H20N2O4. The van der Waals surface area contributed by atoms with Crippen molar-refractivity contribution in [1.29, 1.82) is 0 Å². The van der Waals surface area contributed by atoms with E-state index < -0.39 is 5.97 Å². The quantitative estimate of drug-likeness (QED) is 0.790. The molecule has 0 bridgehead atoms. The molecule has 0 aromatic carbocycles. The highest BCUT2D eigenvalue weighted by atomic mass is 16.5. The van der Waals surface area contributed by atoms with Gasteiger partial charge in [-0.05, 0) is 32.2 Å². The van der Waals surface area contributed by atoms with Crippen molar-refractivity contribution in [3.8, 4) is 0 Å². The van der Waals surface area contributed by atoms with Gasteiger partial charge in [0.2, 0.25) is 0 Å². The number of hydrogen-bond donors (Lipinski definition) is 1. The Balaban J connectivity index is 1.89. The van der Waals surface area contributed by atoms with Crippen LogP contribution in [-0.2, 0) is 9.53 Å². The van der Waals surface area contributed by atoms with Gasteiger partial charge in [0.15, 0.2) is 0 Å². The van der Waals surface area contributed by atoms with Gasteiger partial charge in [-0.2, -0.15) is 0 Å². The fourth-order valence-corrected chi connectivity index (χ4v) is 3.00. The SMILES string of the molecule is COC(=O)N1CCC(N2CCCC2C(=O)O)CC1. The summed E-state index contributed by atoms with van der Waals surface area (Å²) in [4.78, 5) is 26.3. The Hall–Kier alpha value is -1.30.